The molecule has 21 heavy (non-hydrogen) atoms. The Labute approximate surface area is 130 Å². The van der Waals surface area contributed by atoms with Gasteiger partial charge in [0, 0.05) is 12.5 Å². The molecule has 1 N–H and O–H groups in total. The summed E-state index contributed by atoms with van der Waals surface area (Å²) in [6.45, 7) is 4.23. The Kier molecular flexibility index (Phi) is 6.18. The van der Waals surface area contributed by atoms with E-state index in [0.717, 1.165) is 37.6 Å². The minimum absolute atomic E-state index is 0.188. The number of carbonyl (C=O) groups is 1. The summed E-state index contributed by atoms with van der Waals surface area (Å²) >= 11 is 1.76. The van der Waals surface area contributed by atoms with Crippen molar-refractivity contribution in [1.82, 2.24) is 10.3 Å². The number of para-hydroxylation sites is 1. The molecule has 1 amide bonds. The van der Waals surface area contributed by atoms with E-state index in [4.69, 9.17) is 0 Å². The van der Waals surface area contributed by atoms with Crippen LogP contribution < -0.4 is 5.32 Å². The van der Waals surface area contributed by atoms with E-state index in [0.29, 0.717) is 12.5 Å². The van der Waals surface area contributed by atoms with Crippen LogP contribution >= 0.6 is 11.3 Å². The van der Waals surface area contributed by atoms with Crippen molar-refractivity contribution in [3.63, 3.8) is 0 Å². The number of amides is 1. The van der Waals surface area contributed by atoms with Crippen LogP contribution in [0.3, 0.4) is 0 Å². The van der Waals surface area contributed by atoms with Crippen molar-refractivity contribution in [3.8, 4) is 0 Å². The number of thiazole rings is 1. The highest BCUT2D eigenvalue weighted by Crippen LogP contribution is 2.22. The SMILES string of the molecule is CCC(CC)NC(=O)CCCCc1nc2ccccc2s1. The smallest absolute Gasteiger partial charge is 0.220 e. The van der Waals surface area contributed by atoms with Gasteiger partial charge in [-0.05, 0) is 44.2 Å². The van der Waals surface area contributed by atoms with E-state index in [2.05, 4.69) is 36.3 Å². The van der Waals surface area contributed by atoms with Crippen LogP contribution in [0.15, 0.2) is 24.3 Å². The molecule has 0 aliphatic rings. The quantitative estimate of drug-likeness (QED) is 0.738. The van der Waals surface area contributed by atoms with Crippen LogP contribution in [0.1, 0.15) is 51.0 Å². The minimum Gasteiger partial charge on any atom is -0.353 e. The lowest BCUT2D eigenvalue weighted by Crippen LogP contribution is -2.33. The first-order valence-electron chi connectivity index (χ1n) is 7.86. The highest BCUT2D eigenvalue weighted by Gasteiger charge is 2.08. The molecule has 1 aromatic carbocycles. The Bertz CT molecular complexity index is 542. The Balaban J connectivity index is 1.71. The number of nitrogens with one attached hydrogen (secondary N) is 1. The zero-order chi connectivity index (χ0) is 15.1. The van der Waals surface area contributed by atoms with Crippen LogP contribution in [-0.2, 0) is 11.2 Å². The van der Waals surface area contributed by atoms with Gasteiger partial charge in [-0.1, -0.05) is 26.0 Å². The summed E-state index contributed by atoms with van der Waals surface area (Å²) in [5.74, 6) is 0.188. The average molecular weight is 304 g/mol. The summed E-state index contributed by atoms with van der Waals surface area (Å²) in [4.78, 5) is 16.4. The Hall–Kier alpha value is -1.42. The highest BCUT2D eigenvalue weighted by molar-refractivity contribution is 7.18. The molecule has 1 aromatic heterocycles. The van der Waals surface area contributed by atoms with Gasteiger partial charge in [0.1, 0.15) is 0 Å². The molecular formula is C17H24N2OS. The summed E-state index contributed by atoms with van der Waals surface area (Å²) in [6, 6.07) is 8.57. The van der Waals surface area contributed by atoms with Gasteiger partial charge in [0.25, 0.3) is 0 Å². The molecule has 0 atom stereocenters. The van der Waals surface area contributed by atoms with E-state index in [1.165, 1.54) is 9.71 Å². The molecule has 0 radical (unpaired) electrons. The second kappa shape index (κ2) is 8.13. The molecule has 2 rings (SSSR count). The van der Waals surface area contributed by atoms with Crippen molar-refractivity contribution >= 4 is 27.5 Å². The Morgan fingerprint density at radius 2 is 2.00 bits per heavy atom. The zero-order valence-corrected chi connectivity index (χ0v) is 13.7. The average Bonchev–Trinajstić information content (AvgIpc) is 2.92. The zero-order valence-electron chi connectivity index (χ0n) is 12.9. The van der Waals surface area contributed by atoms with E-state index in [1.54, 1.807) is 11.3 Å². The van der Waals surface area contributed by atoms with Gasteiger partial charge >= 0.3 is 0 Å². The van der Waals surface area contributed by atoms with Gasteiger partial charge in [-0.3, -0.25) is 4.79 Å². The second-order valence-electron chi connectivity index (χ2n) is 5.36. The Morgan fingerprint density at radius 3 is 2.71 bits per heavy atom. The minimum atomic E-state index is 0.188. The number of fused-ring (bicyclic) bond motifs is 1. The highest BCUT2D eigenvalue weighted by atomic mass is 32.1. The molecule has 0 aliphatic carbocycles. The molecule has 2 aromatic rings. The van der Waals surface area contributed by atoms with E-state index < -0.39 is 0 Å². The lowest BCUT2D eigenvalue weighted by molar-refractivity contribution is -0.121. The number of rotatable bonds is 8. The molecule has 3 nitrogen and oxygen atoms in total. The van der Waals surface area contributed by atoms with Crippen LogP contribution in [-0.4, -0.2) is 16.9 Å². The van der Waals surface area contributed by atoms with Gasteiger partial charge < -0.3 is 5.32 Å². The number of carbonyl (C=O) groups excluding carboxylic acids is 1. The first-order valence-corrected chi connectivity index (χ1v) is 8.68. The van der Waals surface area contributed by atoms with Crippen LogP contribution in [0.2, 0.25) is 0 Å². The predicted molar refractivity (Wildman–Crippen MR) is 89.7 cm³/mol. The van der Waals surface area contributed by atoms with Crippen molar-refractivity contribution in [2.45, 2.75) is 58.4 Å². The topological polar surface area (TPSA) is 42.0 Å². The van der Waals surface area contributed by atoms with E-state index >= 15 is 0 Å². The molecule has 4 heteroatoms. The summed E-state index contributed by atoms with van der Waals surface area (Å²) in [5, 5.41) is 4.26. The maximum absolute atomic E-state index is 11.8. The third-order valence-electron chi connectivity index (χ3n) is 3.73. The van der Waals surface area contributed by atoms with Crippen molar-refractivity contribution in [2.24, 2.45) is 0 Å². The lowest BCUT2D eigenvalue weighted by atomic mass is 10.1. The number of hydrogen-bond acceptors (Lipinski definition) is 3. The molecule has 114 valence electrons. The molecule has 0 fully saturated rings. The van der Waals surface area contributed by atoms with Gasteiger partial charge in [0.05, 0.1) is 15.2 Å². The van der Waals surface area contributed by atoms with E-state index in [9.17, 15) is 4.79 Å². The Morgan fingerprint density at radius 1 is 1.24 bits per heavy atom. The third kappa shape index (κ3) is 4.81. The third-order valence-corrected chi connectivity index (χ3v) is 4.83. The maximum Gasteiger partial charge on any atom is 0.220 e. The van der Waals surface area contributed by atoms with Crippen LogP contribution in [0.25, 0.3) is 10.2 Å². The fourth-order valence-electron chi connectivity index (χ4n) is 2.38. The fourth-order valence-corrected chi connectivity index (χ4v) is 3.39. The van der Waals surface area contributed by atoms with Crippen molar-refractivity contribution in [3.05, 3.63) is 29.3 Å². The summed E-state index contributed by atoms with van der Waals surface area (Å²) in [5.41, 5.74) is 1.09. The molecular weight excluding hydrogens is 280 g/mol. The lowest BCUT2D eigenvalue weighted by Gasteiger charge is -2.14. The molecule has 0 unspecified atom stereocenters. The first-order chi connectivity index (χ1) is 10.2. The normalized spacial score (nSPS) is 11.2. The molecule has 0 saturated carbocycles. The van der Waals surface area contributed by atoms with Gasteiger partial charge in [-0.2, -0.15) is 0 Å². The largest absolute Gasteiger partial charge is 0.353 e. The number of nitrogens with zero attached hydrogens (tertiary/aromatic N) is 1. The monoisotopic (exact) mass is 304 g/mol. The van der Waals surface area contributed by atoms with E-state index in [1.807, 2.05) is 12.1 Å². The van der Waals surface area contributed by atoms with Gasteiger partial charge in [0.15, 0.2) is 0 Å². The molecule has 1 heterocycles. The van der Waals surface area contributed by atoms with Crippen molar-refractivity contribution in [2.75, 3.05) is 0 Å². The van der Waals surface area contributed by atoms with Gasteiger partial charge in [0.2, 0.25) is 5.91 Å². The van der Waals surface area contributed by atoms with Crippen LogP contribution in [0.4, 0.5) is 0 Å². The van der Waals surface area contributed by atoms with Crippen molar-refractivity contribution < 1.29 is 4.79 Å². The predicted octanol–water partition coefficient (Wildman–Crippen LogP) is 4.31. The van der Waals surface area contributed by atoms with Crippen LogP contribution in [0.5, 0.6) is 0 Å². The number of aryl methyl sites for hydroxylation is 1. The fraction of sp³-hybridized carbons (Fsp3) is 0.529. The summed E-state index contributed by atoms with van der Waals surface area (Å²) < 4.78 is 1.25. The molecule has 0 saturated heterocycles. The number of hydrogen-bond donors (Lipinski definition) is 1. The second-order valence-corrected chi connectivity index (χ2v) is 6.48. The molecule has 0 bridgehead atoms. The standard InChI is InChI=1S/C17H24N2OS/c1-3-13(4-2)18-16(20)11-7-8-12-17-19-14-9-5-6-10-15(14)21-17/h5-6,9-10,13H,3-4,7-8,11-12H2,1-2H3,(H,18,20). The molecule has 0 aliphatic heterocycles. The number of unbranched alkanes of at least 4 members (excludes halogenated alkanes) is 1. The van der Waals surface area contributed by atoms with Gasteiger partial charge in [-0.25, -0.2) is 4.98 Å². The van der Waals surface area contributed by atoms with E-state index in [-0.39, 0.29) is 5.91 Å². The first kappa shape index (κ1) is 16.0. The van der Waals surface area contributed by atoms with Crippen LogP contribution in [0, 0.1) is 0 Å². The molecule has 0 spiro atoms. The maximum atomic E-state index is 11.8. The summed E-state index contributed by atoms with van der Waals surface area (Å²) in [7, 11) is 0. The summed E-state index contributed by atoms with van der Waals surface area (Å²) in [6.07, 6.45) is 5.57. The number of aromatic nitrogens is 1. The van der Waals surface area contributed by atoms with Crippen molar-refractivity contribution in [1.29, 1.82) is 0 Å². The number of benzene rings is 1. The van der Waals surface area contributed by atoms with Gasteiger partial charge in [-0.15, -0.1) is 11.3 Å².